The molecule has 130 valence electrons. The molecule has 0 aliphatic heterocycles. The summed E-state index contributed by atoms with van der Waals surface area (Å²) in [7, 11) is 3.80. The number of urea groups is 1. The molecule has 0 saturated heterocycles. The molecule has 7 nitrogen and oxygen atoms in total. The molecule has 1 aromatic carbocycles. The lowest BCUT2D eigenvalue weighted by Gasteiger charge is -2.15. The molecule has 0 radical (unpaired) electrons. The van der Waals surface area contributed by atoms with Crippen LogP contribution in [0.4, 0.5) is 16.2 Å². The number of carbonyl (C=O) groups is 1. The van der Waals surface area contributed by atoms with Gasteiger partial charge in [0, 0.05) is 18.4 Å². The van der Waals surface area contributed by atoms with Crippen molar-refractivity contribution in [2.45, 2.75) is 26.5 Å². The van der Waals surface area contributed by atoms with Crippen molar-refractivity contribution in [3.05, 3.63) is 41.7 Å². The highest BCUT2D eigenvalue weighted by Gasteiger charge is 2.10. The van der Waals surface area contributed by atoms with Crippen LogP contribution in [0.15, 0.2) is 30.6 Å². The Labute approximate surface area is 142 Å². The fourth-order valence-corrected chi connectivity index (χ4v) is 2.38. The summed E-state index contributed by atoms with van der Waals surface area (Å²) in [5.74, 6) is 0. The second kappa shape index (κ2) is 7.94. The fourth-order valence-electron chi connectivity index (χ4n) is 2.38. The summed E-state index contributed by atoms with van der Waals surface area (Å²) < 4.78 is 1.61. The molecular weight excluding hydrogens is 306 g/mol. The van der Waals surface area contributed by atoms with Crippen LogP contribution in [-0.4, -0.2) is 52.6 Å². The van der Waals surface area contributed by atoms with Crippen molar-refractivity contribution in [2.75, 3.05) is 31.3 Å². The zero-order valence-corrected chi connectivity index (χ0v) is 14.6. The number of aliphatic hydroxyl groups excluding tert-OH is 1. The van der Waals surface area contributed by atoms with Crippen LogP contribution in [0.25, 0.3) is 0 Å². The van der Waals surface area contributed by atoms with E-state index in [4.69, 9.17) is 0 Å². The van der Waals surface area contributed by atoms with Crippen LogP contribution >= 0.6 is 0 Å². The molecule has 3 N–H and O–H groups in total. The van der Waals surface area contributed by atoms with E-state index in [1.807, 2.05) is 51.0 Å². The quantitative estimate of drug-likeness (QED) is 0.757. The zero-order valence-electron chi connectivity index (χ0n) is 14.6. The van der Waals surface area contributed by atoms with Gasteiger partial charge in [0.05, 0.1) is 24.5 Å². The Bertz CT molecular complexity index is 696. The molecular formula is C17H25N5O2. The second-order valence-corrected chi connectivity index (χ2v) is 6.26. The Hall–Kier alpha value is -2.38. The Morgan fingerprint density at radius 3 is 2.79 bits per heavy atom. The first-order valence-electron chi connectivity index (χ1n) is 7.84. The van der Waals surface area contributed by atoms with Crippen molar-refractivity contribution in [3.63, 3.8) is 0 Å². The number of benzene rings is 1. The largest absolute Gasteiger partial charge is 0.390 e. The van der Waals surface area contributed by atoms with Crippen LogP contribution in [0.5, 0.6) is 0 Å². The number of rotatable bonds is 6. The molecule has 0 saturated carbocycles. The number of aliphatic hydroxyl groups is 1. The third-order valence-electron chi connectivity index (χ3n) is 3.51. The number of nitrogens with zero attached hydrogens (tertiary/aromatic N) is 3. The molecule has 1 unspecified atom stereocenters. The van der Waals surface area contributed by atoms with E-state index in [-0.39, 0.29) is 6.03 Å². The minimum absolute atomic E-state index is 0.322. The Kier molecular flexibility index (Phi) is 5.94. The van der Waals surface area contributed by atoms with Crippen LogP contribution in [0.2, 0.25) is 0 Å². The van der Waals surface area contributed by atoms with E-state index in [2.05, 4.69) is 15.7 Å². The summed E-state index contributed by atoms with van der Waals surface area (Å²) in [5.41, 5.74) is 3.44. The molecule has 1 aromatic heterocycles. The average molecular weight is 331 g/mol. The molecule has 0 fully saturated rings. The molecule has 7 heteroatoms. The molecule has 1 atom stereocenters. The van der Waals surface area contributed by atoms with E-state index in [9.17, 15) is 9.90 Å². The minimum atomic E-state index is -0.517. The van der Waals surface area contributed by atoms with Gasteiger partial charge in [-0.2, -0.15) is 5.10 Å². The highest BCUT2D eigenvalue weighted by atomic mass is 16.3. The van der Waals surface area contributed by atoms with Crippen molar-refractivity contribution in [1.29, 1.82) is 0 Å². The minimum Gasteiger partial charge on any atom is -0.390 e. The van der Waals surface area contributed by atoms with Gasteiger partial charge < -0.3 is 20.6 Å². The van der Waals surface area contributed by atoms with Gasteiger partial charge in [-0.3, -0.25) is 4.68 Å². The molecule has 2 rings (SSSR count). The van der Waals surface area contributed by atoms with Gasteiger partial charge in [-0.15, -0.1) is 0 Å². The Balaban J connectivity index is 1.92. The van der Waals surface area contributed by atoms with Crippen LogP contribution in [0.1, 0.15) is 11.1 Å². The third-order valence-corrected chi connectivity index (χ3v) is 3.51. The number of hydrogen-bond acceptors (Lipinski definition) is 4. The van der Waals surface area contributed by atoms with Crippen LogP contribution < -0.4 is 10.6 Å². The summed E-state index contributed by atoms with van der Waals surface area (Å²) in [6, 6.07) is 5.57. The lowest BCUT2D eigenvalue weighted by molar-refractivity contribution is 0.116. The van der Waals surface area contributed by atoms with E-state index >= 15 is 0 Å². The van der Waals surface area contributed by atoms with E-state index < -0.39 is 6.10 Å². The maximum atomic E-state index is 12.1. The maximum Gasteiger partial charge on any atom is 0.323 e. The van der Waals surface area contributed by atoms with Gasteiger partial charge in [0.25, 0.3) is 0 Å². The summed E-state index contributed by atoms with van der Waals surface area (Å²) in [5, 5.41) is 19.6. The summed E-state index contributed by atoms with van der Waals surface area (Å²) >= 11 is 0. The number of anilines is 2. The first-order valence-corrected chi connectivity index (χ1v) is 7.84. The van der Waals surface area contributed by atoms with E-state index in [1.165, 1.54) is 0 Å². The monoisotopic (exact) mass is 331 g/mol. The molecule has 2 amide bonds. The third kappa shape index (κ3) is 5.36. The maximum absolute atomic E-state index is 12.1. The highest BCUT2D eigenvalue weighted by molar-refractivity contribution is 6.00. The zero-order chi connectivity index (χ0) is 17.7. The number of amides is 2. The molecule has 24 heavy (non-hydrogen) atoms. The Morgan fingerprint density at radius 2 is 2.08 bits per heavy atom. The van der Waals surface area contributed by atoms with Gasteiger partial charge in [0.2, 0.25) is 0 Å². The topological polar surface area (TPSA) is 82.4 Å². The predicted molar refractivity (Wildman–Crippen MR) is 95.3 cm³/mol. The molecule has 0 aliphatic carbocycles. The lowest BCUT2D eigenvalue weighted by atomic mass is 10.1. The molecule has 1 heterocycles. The van der Waals surface area contributed by atoms with E-state index in [0.29, 0.717) is 18.8 Å². The predicted octanol–water partition coefficient (Wildman–Crippen LogP) is 2.07. The van der Waals surface area contributed by atoms with Crippen LogP contribution in [0, 0.1) is 13.8 Å². The number of likely N-dealkylation sites (N-methyl/N-ethyl adjacent to an activating group) is 1. The van der Waals surface area contributed by atoms with Crippen molar-refractivity contribution < 1.29 is 9.90 Å². The van der Waals surface area contributed by atoms with Crippen LogP contribution in [0.3, 0.4) is 0 Å². The van der Waals surface area contributed by atoms with Crippen molar-refractivity contribution in [3.8, 4) is 0 Å². The van der Waals surface area contributed by atoms with Gasteiger partial charge >= 0.3 is 6.03 Å². The van der Waals surface area contributed by atoms with E-state index in [1.54, 1.807) is 17.1 Å². The first-order chi connectivity index (χ1) is 11.3. The van der Waals surface area contributed by atoms with Gasteiger partial charge in [-0.05, 0) is 45.1 Å². The molecule has 0 bridgehead atoms. The average Bonchev–Trinajstić information content (AvgIpc) is 2.88. The number of carbonyl (C=O) groups excluding carboxylic acids is 1. The van der Waals surface area contributed by atoms with Gasteiger partial charge in [-0.1, -0.05) is 12.1 Å². The summed E-state index contributed by atoms with van der Waals surface area (Å²) in [4.78, 5) is 14.0. The van der Waals surface area contributed by atoms with Gasteiger partial charge in [0.1, 0.15) is 0 Å². The number of hydrogen-bond donors (Lipinski definition) is 3. The number of nitrogens with one attached hydrogen (secondary N) is 2. The summed E-state index contributed by atoms with van der Waals surface area (Å²) in [6.07, 6.45) is 2.74. The van der Waals surface area contributed by atoms with Crippen molar-refractivity contribution in [1.82, 2.24) is 14.7 Å². The smallest absolute Gasteiger partial charge is 0.323 e. The first kappa shape index (κ1) is 18.0. The Morgan fingerprint density at radius 1 is 1.33 bits per heavy atom. The van der Waals surface area contributed by atoms with E-state index in [0.717, 1.165) is 16.8 Å². The highest BCUT2D eigenvalue weighted by Crippen LogP contribution is 2.17. The fraction of sp³-hybridized carbons (Fsp3) is 0.412. The van der Waals surface area contributed by atoms with Gasteiger partial charge in [0.15, 0.2) is 0 Å². The summed E-state index contributed by atoms with van der Waals surface area (Å²) in [6.45, 7) is 4.85. The molecule has 0 spiro atoms. The van der Waals surface area contributed by atoms with Gasteiger partial charge in [-0.25, -0.2) is 4.79 Å². The molecule has 2 aromatic rings. The SMILES string of the molecule is Cc1ccc(C)c(NC(=O)Nc2cnn(CC(O)CN(C)C)c2)c1. The number of aryl methyl sites for hydroxylation is 2. The van der Waals surface area contributed by atoms with Crippen molar-refractivity contribution >= 4 is 17.4 Å². The number of aromatic nitrogens is 2. The molecule has 0 aliphatic rings. The van der Waals surface area contributed by atoms with Crippen molar-refractivity contribution in [2.24, 2.45) is 0 Å². The van der Waals surface area contributed by atoms with Crippen LogP contribution in [-0.2, 0) is 6.54 Å². The lowest BCUT2D eigenvalue weighted by Crippen LogP contribution is -2.29. The second-order valence-electron chi connectivity index (χ2n) is 6.26. The standard InChI is InChI=1S/C17H25N5O2/c1-12-5-6-13(2)16(7-12)20-17(24)19-14-8-18-22(9-14)11-15(23)10-21(3)4/h5-9,15,23H,10-11H2,1-4H3,(H2,19,20,24). The normalized spacial score (nSPS) is 12.2.